The number of rotatable bonds is 3. The summed E-state index contributed by atoms with van der Waals surface area (Å²) in [5, 5.41) is 4.40. The van der Waals surface area contributed by atoms with Gasteiger partial charge in [-0.25, -0.2) is 0 Å². The molecule has 1 fully saturated rings. The quantitative estimate of drug-likeness (QED) is 0.917. The van der Waals surface area contributed by atoms with E-state index >= 15 is 0 Å². The number of para-hydroxylation sites is 1. The zero-order chi connectivity index (χ0) is 15.0. The third kappa shape index (κ3) is 2.97. The molecule has 1 heterocycles. The fraction of sp³-hybridized carbons (Fsp3) is 0.500. The molecule has 3 rings (SSSR count). The highest BCUT2D eigenvalue weighted by Crippen LogP contribution is 2.36. The van der Waals surface area contributed by atoms with Gasteiger partial charge in [0.15, 0.2) is 0 Å². The molecule has 1 aliphatic carbocycles. The van der Waals surface area contributed by atoms with Crippen molar-refractivity contribution in [3.05, 3.63) is 36.0 Å². The van der Waals surface area contributed by atoms with E-state index in [2.05, 4.69) is 48.9 Å². The molecule has 2 aromatic rings. The fourth-order valence-electron chi connectivity index (χ4n) is 3.53. The van der Waals surface area contributed by atoms with Gasteiger partial charge in [0.1, 0.15) is 6.54 Å². The Morgan fingerprint density at radius 3 is 2.86 bits per heavy atom. The molecule has 3 nitrogen and oxygen atoms in total. The van der Waals surface area contributed by atoms with Gasteiger partial charge in [0.05, 0.1) is 0 Å². The fourth-order valence-corrected chi connectivity index (χ4v) is 3.53. The van der Waals surface area contributed by atoms with Crippen molar-refractivity contribution < 1.29 is 4.79 Å². The van der Waals surface area contributed by atoms with Gasteiger partial charge < -0.3 is 9.88 Å². The first-order valence-electron chi connectivity index (χ1n) is 7.79. The van der Waals surface area contributed by atoms with Crippen LogP contribution in [0.2, 0.25) is 0 Å². The Morgan fingerprint density at radius 1 is 1.38 bits per heavy atom. The summed E-state index contributed by atoms with van der Waals surface area (Å²) >= 11 is 0. The molecule has 1 atom stereocenters. The number of benzene rings is 1. The number of amides is 1. The Morgan fingerprint density at radius 2 is 2.14 bits per heavy atom. The highest BCUT2D eigenvalue weighted by atomic mass is 16.2. The second-order valence-corrected chi connectivity index (χ2v) is 7.10. The Hall–Kier alpha value is -1.77. The van der Waals surface area contributed by atoms with E-state index in [4.69, 9.17) is 0 Å². The number of carbonyl (C=O) groups is 1. The van der Waals surface area contributed by atoms with Gasteiger partial charge in [-0.3, -0.25) is 4.79 Å². The first-order valence-corrected chi connectivity index (χ1v) is 7.79. The maximum Gasteiger partial charge on any atom is 0.240 e. The van der Waals surface area contributed by atoms with Crippen LogP contribution in [0.3, 0.4) is 0 Å². The number of aromatic nitrogens is 1. The van der Waals surface area contributed by atoms with E-state index in [-0.39, 0.29) is 5.91 Å². The maximum atomic E-state index is 12.3. The summed E-state index contributed by atoms with van der Waals surface area (Å²) < 4.78 is 2.10. The Kier molecular flexibility index (Phi) is 3.52. The molecule has 0 saturated heterocycles. The lowest BCUT2D eigenvalue weighted by molar-refractivity contribution is -0.122. The van der Waals surface area contributed by atoms with E-state index in [0.717, 1.165) is 24.1 Å². The van der Waals surface area contributed by atoms with Gasteiger partial charge in [0.2, 0.25) is 5.91 Å². The maximum absolute atomic E-state index is 12.3. The zero-order valence-electron chi connectivity index (χ0n) is 13.1. The van der Waals surface area contributed by atoms with Crippen LogP contribution in [0.15, 0.2) is 30.3 Å². The number of aryl methyl sites for hydroxylation is 1. The number of nitrogens with zero attached hydrogens (tertiary/aromatic N) is 1. The van der Waals surface area contributed by atoms with Crippen LogP contribution in [0.4, 0.5) is 0 Å². The van der Waals surface area contributed by atoms with E-state index in [1.165, 1.54) is 11.8 Å². The van der Waals surface area contributed by atoms with Crippen LogP contribution in [0.1, 0.15) is 38.8 Å². The molecule has 1 saturated carbocycles. The molecule has 0 radical (unpaired) electrons. The molecule has 0 bridgehead atoms. The molecule has 1 aromatic heterocycles. The van der Waals surface area contributed by atoms with E-state index in [9.17, 15) is 4.79 Å². The van der Waals surface area contributed by atoms with Gasteiger partial charge >= 0.3 is 0 Å². The minimum absolute atomic E-state index is 0.127. The van der Waals surface area contributed by atoms with Crippen molar-refractivity contribution in [2.75, 3.05) is 0 Å². The summed E-state index contributed by atoms with van der Waals surface area (Å²) in [4.78, 5) is 12.3. The van der Waals surface area contributed by atoms with Crippen LogP contribution < -0.4 is 5.32 Å². The summed E-state index contributed by atoms with van der Waals surface area (Å²) in [6, 6.07) is 10.7. The number of nitrogens with one attached hydrogen (secondary N) is 1. The largest absolute Gasteiger partial charge is 0.352 e. The van der Waals surface area contributed by atoms with Crippen molar-refractivity contribution in [3.8, 4) is 0 Å². The van der Waals surface area contributed by atoms with Crippen LogP contribution in [0, 0.1) is 12.3 Å². The van der Waals surface area contributed by atoms with Crippen molar-refractivity contribution in [1.82, 2.24) is 9.88 Å². The van der Waals surface area contributed by atoms with Crippen LogP contribution in [0.25, 0.3) is 10.9 Å². The highest BCUT2D eigenvalue weighted by molar-refractivity contribution is 5.84. The third-order valence-electron chi connectivity index (χ3n) is 4.65. The van der Waals surface area contributed by atoms with Gasteiger partial charge in [-0.05, 0) is 49.1 Å². The van der Waals surface area contributed by atoms with Crippen molar-refractivity contribution in [2.45, 2.75) is 52.6 Å². The molecular formula is C18H24N2O. The van der Waals surface area contributed by atoms with Gasteiger partial charge in [0.25, 0.3) is 0 Å². The summed E-state index contributed by atoms with van der Waals surface area (Å²) in [5.74, 6) is 0.127. The van der Waals surface area contributed by atoms with E-state index in [0.29, 0.717) is 18.0 Å². The standard InChI is InChI=1S/C18H24N2O/c1-13-10-14-6-4-5-7-16(14)20(13)12-17(21)19-15-8-9-18(2,3)11-15/h4-7,10,15H,8-9,11-12H2,1-3H3,(H,19,21). The van der Waals surface area contributed by atoms with Crippen molar-refractivity contribution in [1.29, 1.82) is 0 Å². The number of fused-ring (bicyclic) bond motifs is 1. The lowest BCUT2D eigenvalue weighted by Gasteiger charge is -2.18. The average molecular weight is 284 g/mol. The van der Waals surface area contributed by atoms with Crippen LogP contribution in [-0.4, -0.2) is 16.5 Å². The van der Waals surface area contributed by atoms with Gasteiger partial charge in [-0.15, -0.1) is 0 Å². The van der Waals surface area contributed by atoms with E-state index in [1.807, 2.05) is 12.1 Å². The summed E-state index contributed by atoms with van der Waals surface area (Å²) in [6.45, 7) is 7.04. The predicted molar refractivity (Wildman–Crippen MR) is 86.2 cm³/mol. The summed E-state index contributed by atoms with van der Waals surface area (Å²) in [7, 11) is 0. The molecule has 112 valence electrons. The highest BCUT2D eigenvalue weighted by Gasteiger charge is 2.31. The Balaban J connectivity index is 1.71. The van der Waals surface area contributed by atoms with E-state index in [1.54, 1.807) is 0 Å². The Labute approximate surface area is 126 Å². The number of carbonyl (C=O) groups excluding carboxylic acids is 1. The second-order valence-electron chi connectivity index (χ2n) is 7.10. The van der Waals surface area contributed by atoms with Crippen LogP contribution in [0.5, 0.6) is 0 Å². The molecule has 1 aromatic carbocycles. The van der Waals surface area contributed by atoms with Crippen molar-refractivity contribution >= 4 is 16.8 Å². The molecule has 3 heteroatoms. The van der Waals surface area contributed by atoms with Crippen LogP contribution in [-0.2, 0) is 11.3 Å². The SMILES string of the molecule is Cc1cc2ccccc2n1CC(=O)NC1CCC(C)(C)C1. The Bertz CT molecular complexity index is 669. The summed E-state index contributed by atoms with van der Waals surface area (Å²) in [5.41, 5.74) is 2.64. The zero-order valence-corrected chi connectivity index (χ0v) is 13.1. The first kappa shape index (κ1) is 14.2. The number of hydrogen-bond acceptors (Lipinski definition) is 1. The third-order valence-corrected chi connectivity index (χ3v) is 4.65. The molecule has 0 spiro atoms. The molecule has 1 N–H and O–H groups in total. The molecule has 1 aliphatic rings. The second kappa shape index (κ2) is 5.21. The van der Waals surface area contributed by atoms with Gasteiger partial charge in [0, 0.05) is 17.3 Å². The first-order chi connectivity index (χ1) is 9.94. The minimum atomic E-state index is 0.127. The summed E-state index contributed by atoms with van der Waals surface area (Å²) in [6.07, 6.45) is 3.39. The smallest absolute Gasteiger partial charge is 0.240 e. The minimum Gasteiger partial charge on any atom is -0.352 e. The monoisotopic (exact) mass is 284 g/mol. The molecule has 21 heavy (non-hydrogen) atoms. The van der Waals surface area contributed by atoms with Crippen molar-refractivity contribution in [3.63, 3.8) is 0 Å². The lowest BCUT2D eigenvalue weighted by Crippen LogP contribution is -2.36. The molecule has 0 aliphatic heterocycles. The van der Waals surface area contributed by atoms with Gasteiger partial charge in [-0.1, -0.05) is 32.0 Å². The van der Waals surface area contributed by atoms with Crippen molar-refractivity contribution in [2.24, 2.45) is 5.41 Å². The number of hydrogen-bond donors (Lipinski definition) is 1. The topological polar surface area (TPSA) is 34.0 Å². The molecular weight excluding hydrogens is 260 g/mol. The normalized spacial score (nSPS) is 20.8. The van der Waals surface area contributed by atoms with Crippen LogP contribution >= 0.6 is 0 Å². The lowest BCUT2D eigenvalue weighted by atomic mass is 9.92. The molecule has 1 unspecified atom stereocenters. The molecule has 1 amide bonds. The van der Waals surface area contributed by atoms with Gasteiger partial charge in [-0.2, -0.15) is 0 Å². The average Bonchev–Trinajstić information content (AvgIpc) is 2.90. The predicted octanol–water partition coefficient (Wildman–Crippen LogP) is 3.64. The van der Waals surface area contributed by atoms with E-state index < -0.39 is 0 Å².